The molecule has 0 amide bonds. The van der Waals surface area contributed by atoms with Crippen LogP contribution in [-0.4, -0.2) is 0 Å². The van der Waals surface area contributed by atoms with Gasteiger partial charge in [-0.05, 0) is 19.4 Å². The zero-order valence-corrected chi connectivity index (χ0v) is 6.28. The first kappa shape index (κ1) is 22.5. The third-order valence-corrected chi connectivity index (χ3v) is 0.696. The molecular formula is C11H22. The molecule has 11 heavy (non-hydrogen) atoms. The molecule has 0 nitrogen and oxygen atoms in total. The van der Waals surface area contributed by atoms with E-state index >= 15 is 0 Å². The van der Waals surface area contributed by atoms with Crippen LogP contribution in [0.2, 0.25) is 0 Å². The Morgan fingerprint density at radius 2 is 1.64 bits per heavy atom. The summed E-state index contributed by atoms with van der Waals surface area (Å²) in [6, 6.07) is 0. The van der Waals surface area contributed by atoms with Crippen LogP contribution in [0.5, 0.6) is 0 Å². The van der Waals surface area contributed by atoms with Gasteiger partial charge in [0, 0.05) is 0 Å². The van der Waals surface area contributed by atoms with Crippen molar-refractivity contribution in [2.45, 2.75) is 28.7 Å². The molecule has 0 fully saturated rings. The van der Waals surface area contributed by atoms with Gasteiger partial charge < -0.3 is 0 Å². The maximum atomic E-state index is 3.47. The van der Waals surface area contributed by atoms with E-state index in [-0.39, 0.29) is 14.9 Å². The minimum Gasteiger partial charge on any atom is -0.126 e. The van der Waals surface area contributed by atoms with Crippen LogP contribution in [0.1, 0.15) is 28.7 Å². The van der Waals surface area contributed by atoms with Crippen molar-refractivity contribution in [1.29, 1.82) is 0 Å². The normalized spacial score (nSPS) is 6.00. The Hall–Kier alpha value is -1.00. The molecule has 0 aliphatic rings. The summed E-state index contributed by atoms with van der Waals surface area (Å²) in [5, 5.41) is 0. The quantitative estimate of drug-likeness (QED) is 0.299. The highest BCUT2D eigenvalue weighted by molar-refractivity contribution is 5.12. The molecule has 0 aromatic rings. The predicted octanol–water partition coefficient (Wildman–Crippen LogP) is 4.37. The lowest BCUT2D eigenvalue weighted by molar-refractivity contribution is 1.53. The minimum atomic E-state index is 0. The fraction of sp³-hybridized carbons (Fsp3) is 0.364. The van der Waals surface area contributed by atoms with Crippen molar-refractivity contribution in [3.63, 3.8) is 0 Å². The average molecular weight is 154 g/mol. The summed E-state index contributed by atoms with van der Waals surface area (Å²) in [5.74, 6) is 0. The van der Waals surface area contributed by atoms with Gasteiger partial charge >= 0.3 is 0 Å². The lowest BCUT2D eigenvalue weighted by Gasteiger charge is -1.76. The van der Waals surface area contributed by atoms with Gasteiger partial charge in [0.15, 0.2) is 0 Å². The molecule has 0 N–H and O–H groups in total. The maximum absolute atomic E-state index is 3.47. The number of allylic oxidation sites excluding steroid dienone is 3. The van der Waals surface area contributed by atoms with Crippen LogP contribution in [0.4, 0.5) is 0 Å². The molecule has 0 aliphatic heterocycles. The van der Waals surface area contributed by atoms with Crippen LogP contribution in [0.25, 0.3) is 0 Å². The molecule has 0 aromatic carbocycles. The van der Waals surface area contributed by atoms with E-state index in [0.717, 1.165) is 5.57 Å². The molecule has 0 aromatic heterocycles. The van der Waals surface area contributed by atoms with E-state index in [1.165, 1.54) is 0 Å². The Labute approximate surface area is 72.6 Å². The largest absolute Gasteiger partial charge is 0.126 e. The topological polar surface area (TPSA) is 0 Å². The van der Waals surface area contributed by atoms with Gasteiger partial charge in [0.25, 0.3) is 0 Å². The molecule has 0 heteroatoms. The summed E-state index contributed by atoms with van der Waals surface area (Å²) in [5.41, 5.74) is 3.83. The molecule has 0 spiro atoms. The van der Waals surface area contributed by atoms with Gasteiger partial charge in [-0.2, -0.15) is 0 Å². The van der Waals surface area contributed by atoms with Crippen LogP contribution in [0.15, 0.2) is 43.2 Å². The molecule has 0 saturated carbocycles. The lowest BCUT2D eigenvalue weighted by atomic mass is 10.3. The van der Waals surface area contributed by atoms with Crippen LogP contribution in [0, 0.1) is 0 Å². The standard InChI is InChI=1S/C7H10.C2H4.2CH4/c1-4-6-7(3)5-2;1-2;;/h4,6H,2H2,1,3H3;1-2H2;2*1H4/b6-4-;;;. The van der Waals surface area contributed by atoms with Crippen LogP contribution in [-0.2, 0) is 0 Å². The first-order valence-corrected chi connectivity index (χ1v) is 2.80. The zero-order valence-electron chi connectivity index (χ0n) is 6.28. The smallest absolute Gasteiger partial charge is 0.0101 e. The van der Waals surface area contributed by atoms with E-state index in [1.807, 2.05) is 26.0 Å². The van der Waals surface area contributed by atoms with Gasteiger partial charge in [-0.1, -0.05) is 33.6 Å². The van der Waals surface area contributed by atoms with Crippen LogP contribution in [0.3, 0.4) is 0 Å². The zero-order chi connectivity index (χ0) is 7.70. The van der Waals surface area contributed by atoms with E-state index in [0.29, 0.717) is 0 Å². The molecular weight excluding hydrogens is 132 g/mol. The summed E-state index contributed by atoms with van der Waals surface area (Å²) in [6.45, 7) is 13.4. The average Bonchev–Trinajstić information content (AvgIpc) is 1.93. The molecule has 0 atom stereocenters. The van der Waals surface area contributed by atoms with Crippen molar-refractivity contribution >= 4 is 0 Å². The molecule has 0 rings (SSSR count). The van der Waals surface area contributed by atoms with Gasteiger partial charge in [-0.25, -0.2) is 0 Å². The fourth-order valence-electron chi connectivity index (χ4n) is 0.309. The molecule has 0 unspecified atom stereocenters. The van der Waals surface area contributed by atoms with E-state index in [9.17, 15) is 0 Å². The highest BCUT2D eigenvalue weighted by atomic mass is 13.7. The summed E-state index contributed by atoms with van der Waals surface area (Å²) < 4.78 is 0. The maximum Gasteiger partial charge on any atom is -0.0101 e. The van der Waals surface area contributed by atoms with Crippen molar-refractivity contribution < 1.29 is 0 Å². The van der Waals surface area contributed by atoms with Gasteiger partial charge in [0.1, 0.15) is 0 Å². The van der Waals surface area contributed by atoms with Gasteiger partial charge in [0.05, 0.1) is 0 Å². The van der Waals surface area contributed by atoms with Gasteiger partial charge in [-0.15, -0.1) is 18.9 Å². The summed E-state index contributed by atoms with van der Waals surface area (Å²) in [7, 11) is 0. The Morgan fingerprint density at radius 1 is 1.27 bits per heavy atom. The highest BCUT2D eigenvalue weighted by Crippen LogP contribution is 1.87. The number of hydrogen-bond donors (Lipinski definition) is 0. The monoisotopic (exact) mass is 154 g/mol. The fourth-order valence-corrected chi connectivity index (χ4v) is 0.309. The number of rotatable bonds is 1. The Kier molecular flexibility index (Phi) is 47.1. The molecule has 0 aliphatic carbocycles. The third-order valence-electron chi connectivity index (χ3n) is 0.696. The number of hydrogen-bond acceptors (Lipinski definition) is 0. The first-order chi connectivity index (χ1) is 4.31. The summed E-state index contributed by atoms with van der Waals surface area (Å²) in [4.78, 5) is 0. The Morgan fingerprint density at radius 3 is 1.73 bits per heavy atom. The van der Waals surface area contributed by atoms with E-state index in [2.05, 4.69) is 25.5 Å². The molecule has 66 valence electrons. The van der Waals surface area contributed by atoms with E-state index in [1.54, 1.807) is 0 Å². The molecule has 0 bridgehead atoms. The van der Waals surface area contributed by atoms with Gasteiger partial charge in [-0.3, -0.25) is 0 Å². The SMILES string of the molecule is C.C.C=C.C=C=C(C)/C=C\C. The van der Waals surface area contributed by atoms with Crippen molar-refractivity contribution in [3.8, 4) is 0 Å². The van der Waals surface area contributed by atoms with Crippen molar-refractivity contribution in [1.82, 2.24) is 0 Å². The Balaban J connectivity index is -0.0000000564. The van der Waals surface area contributed by atoms with Crippen molar-refractivity contribution in [2.24, 2.45) is 0 Å². The lowest BCUT2D eigenvalue weighted by Crippen LogP contribution is -1.56. The van der Waals surface area contributed by atoms with E-state index in [4.69, 9.17) is 0 Å². The minimum absolute atomic E-state index is 0. The molecule has 0 radical (unpaired) electrons. The highest BCUT2D eigenvalue weighted by Gasteiger charge is 1.68. The molecule has 0 heterocycles. The van der Waals surface area contributed by atoms with Crippen LogP contribution < -0.4 is 0 Å². The van der Waals surface area contributed by atoms with Gasteiger partial charge in [0.2, 0.25) is 0 Å². The van der Waals surface area contributed by atoms with Crippen molar-refractivity contribution in [2.75, 3.05) is 0 Å². The second-order valence-corrected chi connectivity index (χ2v) is 1.36. The summed E-state index contributed by atoms with van der Waals surface area (Å²) >= 11 is 0. The predicted molar refractivity (Wildman–Crippen MR) is 57.9 cm³/mol. The Bertz CT molecular complexity index is 123. The summed E-state index contributed by atoms with van der Waals surface area (Å²) in [6.07, 6.45) is 3.93. The molecule has 0 saturated heterocycles. The van der Waals surface area contributed by atoms with Crippen molar-refractivity contribution in [3.05, 3.63) is 43.2 Å². The second kappa shape index (κ2) is 23.0. The van der Waals surface area contributed by atoms with E-state index < -0.39 is 0 Å². The van der Waals surface area contributed by atoms with Crippen LogP contribution >= 0.6 is 0 Å². The third kappa shape index (κ3) is 27.6. The first-order valence-electron chi connectivity index (χ1n) is 2.80. The second-order valence-electron chi connectivity index (χ2n) is 1.36.